The zero-order valence-corrected chi connectivity index (χ0v) is 52.4. The second-order valence-electron chi connectivity index (χ2n) is 25.1. The van der Waals surface area contributed by atoms with Gasteiger partial charge in [0.05, 0.1) is 43.8 Å². The number of H-pyrrole nitrogens is 2. The van der Waals surface area contributed by atoms with Crippen molar-refractivity contribution in [1.82, 2.24) is 46.4 Å². The highest BCUT2D eigenvalue weighted by Gasteiger charge is 2.40. The number of phenols is 1. The standard InChI is InChI=1S/C64H89N13O14/c1-36(2)22-39(58(86)73-48(12-8-20-69-62(65)66)61(89)77-21-9-13-52(77)56(84)32-71-63(67)90)26-55(83)51(34-91-64(3,4)5)76-59(87)40(23-37-14-17-44(79)18-15-37)27-54(82)50(33-78)75-60(88)41(24-42-30-70-47-11-7-6-10-46(42)47)28-53(81)49(29-43-31-68-35-72-43)74-57(85)38-16-19-45(80)25-38/h6-7,10-11,14-15,17-18,30-31,35-36,38-41,48-52,70,78-79H,8-9,12-13,16,19-29,32-34H2,1-5H3,(H,68,72)(H,73,86)(H,74,85)(H,75,88)(H,76,87)(H4,65,66,69)(H3,67,71,90). The summed E-state index contributed by atoms with van der Waals surface area (Å²) in [5.74, 6) is -10.4. The number of phenolic OH excluding ortho intramolecular Hbond substituents is 1. The quantitative estimate of drug-likeness (QED) is 0.0175. The topological polar surface area (TPSA) is 436 Å². The van der Waals surface area contributed by atoms with Crippen LogP contribution in [0.4, 0.5) is 4.79 Å². The van der Waals surface area contributed by atoms with Crippen LogP contribution in [0.2, 0.25) is 0 Å². The Morgan fingerprint density at radius 3 is 2.04 bits per heavy atom. The smallest absolute Gasteiger partial charge is 0.312 e. The van der Waals surface area contributed by atoms with Crippen molar-refractivity contribution >= 4 is 81.3 Å². The first-order chi connectivity index (χ1) is 43.2. The lowest BCUT2D eigenvalue weighted by Crippen LogP contribution is -2.54. The molecule has 15 N–H and O–H groups in total. The molecule has 2 aromatic heterocycles. The minimum absolute atomic E-state index is 0.0180. The van der Waals surface area contributed by atoms with Gasteiger partial charge < -0.3 is 73.6 Å². The molecule has 27 heteroatoms. The number of aliphatic imine (C=N–C) groups is 1. The van der Waals surface area contributed by atoms with Crippen LogP contribution in [0, 0.1) is 29.6 Å². The van der Waals surface area contributed by atoms with Crippen LogP contribution in [0.25, 0.3) is 10.9 Å². The zero-order valence-electron chi connectivity index (χ0n) is 52.4. The number of guanidine groups is 1. The Bertz CT molecular complexity index is 3230. The van der Waals surface area contributed by atoms with Crippen molar-refractivity contribution < 1.29 is 67.7 Å². The minimum atomic E-state index is -1.63. The molecule has 1 aliphatic carbocycles. The van der Waals surface area contributed by atoms with Gasteiger partial charge in [-0.2, -0.15) is 0 Å². The number of carbonyl (C=O) groups excluding carboxylic acids is 11. The highest BCUT2D eigenvalue weighted by molar-refractivity contribution is 5.99. The van der Waals surface area contributed by atoms with Crippen molar-refractivity contribution in [1.29, 1.82) is 0 Å². The van der Waals surface area contributed by atoms with Gasteiger partial charge in [0, 0.05) is 104 Å². The van der Waals surface area contributed by atoms with E-state index in [1.807, 2.05) is 38.1 Å². The maximum Gasteiger partial charge on any atom is 0.312 e. The van der Waals surface area contributed by atoms with E-state index in [0.717, 1.165) is 10.9 Å². The number of urea groups is 1. The van der Waals surface area contributed by atoms with E-state index in [4.69, 9.17) is 21.9 Å². The summed E-state index contributed by atoms with van der Waals surface area (Å²) in [5, 5.41) is 35.2. The number of aromatic amines is 2. The fourth-order valence-electron chi connectivity index (χ4n) is 11.5. The molecule has 91 heavy (non-hydrogen) atoms. The van der Waals surface area contributed by atoms with Crippen molar-refractivity contribution in [2.75, 3.05) is 32.8 Å². The van der Waals surface area contributed by atoms with Crippen LogP contribution in [0.5, 0.6) is 5.75 Å². The number of ketones is 5. The van der Waals surface area contributed by atoms with Crippen LogP contribution in [0.3, 0.4) is 0 Å². The van der Waals surface area contributed by atoms with E-state index in [1.54, 1.807) is 27.0 Å². The van der Waals surface area contributed by atoms with Gasteiger partial charge in [-0.25, -0.2) is 9.78 Å². The van der Waals surface area contributed by atoms with Gasteiger partial charge in [-0.3, -0.25) is 52.9 Å². The first kappa shape index (κ1) is 71.2. The molecule has 1 aliphatic heterocycles. The average Bonchev–Trinajstić information content (AvgIpc) is 1.94. The maximum atomic E-state index is 14.9. The van der Waals surface area contributed by atoms with Gasteiger partial charge in [0.2, 0.25) is 29.5 Å². The number of likely N-dealkylation sites (tertiary alicyclic amines) is 1. The fraction of sp³-hybridized carbons (Fsp3) is 0.547. The number of ether oxygens (including phenoxy) is 1. The molecule has 0 bridgehead atoms. The number of hydrogen-bond acceptors (Lipinski definition) is 16. The van der Waals surface area contributed by atoms with Gasteiger partial charge >= 0.3 is 6.03 Å². The second-order valence-corrected chi connectivity index (χ2v) is 25.1. The molecule has 7 amide bonds. The molecule has 4 aromatic rings. The number of primary amides is 1. The third kappa shape index (κ3) is 22.3. The maximum absolute atomic E-state index is 14.9. The summed E-state index contributed by atoms with van der Waals surface area (Å²) in [5.41, 5.74) is 17.9. The van der Waals surface area contributed by atoms with E-state index in [0.29, 0.717) is 36.1 Å². The summed E-state index contributed by atoms with van der Waals surface area (Å²) in [6, 6.07) is 5.92. The Morgan fingerprint density at radius 1 is 0.780 bits per heavy atom. The van der Waals surface area contributed by atoms with Crippen molar-refractivity contribution in [3.63, 3.8) is 0 Å². The number of Topliss-reactive ketones (excluding diaryl/α,β-unsaturated/α-hetero) is 5. The average molecular weight is 1260 g/mol. The Hall–Kier alpha value is -8.85. The molecule has 9 atom stereocenters. The number of fused-ring (bicyclic) bond motifs is 1. The van der Waals surface area contributed by atoms with E-state index < -0.39 is 151 Å². The highest BCUT2D eigenvalue weighted by Crippen LogP contribution is 2.28. The lowest BCUT2D eigenvalue weighted by Gasteiger charge is -2.30. The van der Waals surface area contributed by atoms with Gasteiger partial charge in [-0.1, -0.05) is 44.2 Å². The largest absolute Gasteiger partial charge is 0.508 e. The van der Waals surface area contributed by atoms with Gasteiger partial charge in [0.1, 0.15) is 29.7 Å². The Morgan fingerprint density at radius 2 is 1.42 bits per heavy atom. The third-order valence-electron chi connectivity index (χ3n) is 16.3. The van der Waals surface area contributed by atoms with E-state index in [-0.39, 0.29) is 94.5 Å². The SMILES string of the molecule is CC(C)CC(CC(=O)C(COC(C)(C)C)NC(=O)C(CC(=O)C(CO)NC(=O)C(CC(=O)C(Cc1cnc[nH]1)NC(=O)C1CCC(=O)C1)Cc1c[nH]c2ccccc12)Cc1ccc(O)cc1)C(=O)NC(CCCN=C(N)N)C(=O)N1CCCC1C(=O)CNC(N)=O. The molecular weight excluding hydrogens is 1170 g/mol. The zero-order chi connectivity index (χ0) is 66.5. The molecule has 0 spiro atoms. The van der Waals surface area contributed by atoms with Crippen molar-refractivity contribution in [2.45, 2.75) is 160 Å². The fourth-order valence-corrected chi connectivity index (χ4v) is 11.5. The van der Waals surface area contributed by atoms with Crippen molar-refractivity contribution in [2.24, 2.45) is 51.8 Å². The van der Waals surface area contributed by atoms with Crippen LogP contribution in [0.15, 0.2) is 72.2 Å². The number of nitrogens with one attached hydrogen (secondary N) is 7. The molecule has 2 aromatic carbocycles. The number of carbonyl (C=O) groups is 11. The predicted molar refractivity (Wildman–Crippen MR) is 335 cm³/mol. The van der Waals surface area contributed by atoms with Gasteiger partial charge in [-0.05, 0) is 107 Å². The predicted octanol–water partition coefficient (Wildman–Crippen LogP) is 1.79. The number of aliphatic hydroxyl groups excluding tert-OH is 1. The molecule has 494 valence electrons. The summed E-state index contributed by atoms with van der Waals surface area (Å²) >= 11 is 0. The summed E-state index contributed by atoms with van der Waals surface area (Å²) in [6.07, 6.45) is 4.66. The number of hydrogen-bond donors (Lipinski definition) is 12. The molecule has 27 nitrogen and oxygen atoms in total. The van der Waals surface area contributed by atoms with Gasteiger partial charge in [0.25, 0.3) is 0 Å². The van der Waals surface area contributed by atoms with Crippen molar-refractivity contribution in [3.05, 3.63) is 84.1 Å². The van der Waals surface area contributed by atoms with Gasteiger partial charge in [-0.15, -0.1) is 0 Å². The molecule has 6 rings (SSSR count). The molecule has 3 heterocycles. The number of imidazole rings is 1. The third-order valence-corrected chi connectivity index (χ3v) is 16.3. The number of nitrogens with zero attached hydrogens (tertiary/aromatic N) is 3. The number of rotatable bonds is 36. The summed E-state index contributed by atoms with van der Waals surface area (Å²) < 4.78 is 6.10. The molecule has 2 aliphatic rings. The molecule has 1 saturated carbocycles. The first-order valence-corrected chi connectivity index (χ1v) is 31.0. The van der Waals surface area contributed by atoms with Crippen molar-refractivity contribution in [3.8, 4) is 5.75 Å². The summed E-state index contributed by atoms with van der Waals surface area (Å²) in [7, 11) is 0. The molecular formula is C64H89N13O14. The van der Waals surface area contributed by atoms with Crippen LogP contribution >= 0.6 is 0 Å². The molecule has 1 saturated heterocycles. The number of aromatic hydroxyl groups is 1. The summed E-state index contributed by atoms with van der Waals surface area (Å²) in [4.78, 5) is 168. The van der Waals surface area contributed by atoms with E-state index in [1.165, 1.54) is 41.7 Å². The lowest BCUT2D eigenvalue weighted by molar-refractivity contribution is -0.142. The van der Waals surface area contributed by atoms with Crippen LogP contribution < -0.4 is 43.8 Å². The first-order valence-electron chi connectivity index (χ1n) is 31.0. The monoisotopic (exact) mass is 1260 g/mol. The Labute approximate surface area is 528 Å². The van der Waals surface area contributed by atoms with Crippen LogP contribution in [0.1, 0.15) is 122 Å². The number of aromatic nitrogens is 3. The molecule has 0 radical (unpaired) electrons. The van der Waals surface area contributed by atoms with E-state index in [9.17, 15) is 63.0 Å². The number of benzene rings is 2. The molecule has 9 unspecified atom stereocenters. The second kappa shape index (κ2) is 33.8. The van der Waals surface area contributed by atoms with E-state index >= 15 is 0 Å². The van der Waals surface area contributed by atoms with Crippen LogP contribution in [-0.2, 0) is 71.9 Å². The number of nitrogens with two attached hydrogens (primary N) is 3. The normalized spacial score (nSPS) is 17.2. The number of para-hydroxylation sites is 1. The minimum Gasteiger partial charge on any atom is -0.508 e. The van der Waals surface area contributed by atoms with E-state index in [2.05, 4.69) is 46.5 Å². The van der Waals surface area contributed by atoms with Crippen LogP contribution in [-0.4, -0.2) is 169 Å². The lowest BCUT2D eigenvalue weighted by atomic mass is 9.88. The Balaban J connectivity index is 1.24. The number of aliphatic hydroxyl groups is 1. The number of amides is 7. The molecule has 2 fully saturated rings. The highest BCUT2D eigenvalue weighted by atomic mass is 16.5. The van der Waals surface area contributed by atoms with Gasteiger partial charge in [0.15, 0.2) is 29.1 Å². The Kier molecular flexibility index (Phi) is 26.5. The summed E-state index contributed by atoms with van der Waals surface area (Å²) in [6.45, 7) is 7.43.